The molecule has 0 fully saturated rings. The molecule has 0 spiro atoms. The van der Waals surface area contributed by atoms with E-state index in [4.69, 9.17) is 4.98 Å². The summed E-state index contributed by atoms with van der Waals surface area (Å²) in [6.45, 7) is 3.09. The summed E-state index contributed by atoms with van der Waals surface area (Å²) < 4.78 is 5.35. The first-order chi connectivity index (χ1) is 14.9. The van der Waals surface area contributed by atoms with Crippen LogP contribution in [0.4, 0.5) is 5.95 Å². The highest BCUT2D eigenvalue weighted by Gasteiger charge is 2.21. The highest BCUT2D eigenvalue weighted by atomic mass is 32.2. The molecule has 11 heteroatoms. The Bertz CT molecular complexity index is 1340. The number of nitrogens with zero attached hydrogens (tertiary/aromatic N) is 7. The quantitative estimate of drug-likeness (QED) is 0.392. The highest BCUT2D eigenvalue weighted by Crippen LogP contribution is 2.25. The number of thioether (sulfide) groups is 1. The molecule has 0 amide bonds. The van der Waals surface area contributed by atoms with Crippen LogP contribution in [-0.2, 0) is 27.2 Å². The predicted molar refractivity (Wildman–Crippen MR) is 124 cm³/mol. The van der Waals surface area contributed by atoms with Crippen LogP contribution < -0.4 is 16.1 Å². The summed E-state index contributed by atoms with van der Waals surface area (Å²) in [5.74, 6) is 1.34. The van der Waals surface area contributed by atoms with Crippen molar-refractivity contribution in [3.63, 3.8) is 0 Å². The van der Waals surface area contributed by atoms with Crippen molar-refractivity contribution in [2.45, 2.75) is 24.4 Å². The molecule has 0 aliphatic heterocycles. The lowest BCUT2D eigenvalue weighted by atomic mass is 10.2. The van der Waals surface area contributed by atoms with Gasteiger partial charge in [-0.1, -0.05) is 53.4 Å². The van der Waals surface area contributed by atoms with Crippen LogP contribution in [0.2, 0.25) is 0 Å². The van der Waals surface area contributed by atoms with Gasteiger partial charge in [0.2, 0.25) is 5.95 Å². The van der Waals surface area contributed by atoms with E-state index in [9.17, 15) is 9.59 Å². The second-order valence-electron chi connectivity index (χ2n) is 7.22. The first-order valence-corrected chi connectivity index (χ1v) is 11.5. The summed E-state index contributed by atoms with van der Waals surface area (Å²) in [6, 6.07) is 10.1. The van der Waals surface area contributed by atoms with Crippen molar-refractivity contribution in [1.82, 2.24) is 28.9 Å². The molecule has 0 aliphatic rings. The Hall–Kier alpha value is -2.92. The second kappa shape index (κ2) is 8.67. The first kappa shape index (κ1) is 21.3. The predicted octanol–water partition coefficient (Wildman–Crippen LogP) is 2.02. The number of benzene rings is 1. The third-order valence-corrected chi connectivity index (χ3v) is 6.93. The monoisotopic (exact) mass is 457 g/mol. The molecule has 4 rings (SSSR count). The molecule has 4 aromatic rings. The zero-order valence-electron chi connectivity index (χ0n) is 17.8. The van der Waals surface area contributed by atoms with Crippen molar-refractivity contribution < 1.29 is 0 Å². The second-order valence-corrected chi connectivity index (χ2v) is 9.74. The largest absolute Gasteiger partial charge is 0.341 e. The Labute approximate surface area is 187 Å². The van der Waals surface area contributed by atoms with Crippen molar-refractivity contribution in [3.05, 3.63) is 61.7 Å². The standard InChI is InChI=1S/C20H23N7O2S2/c1-13-22-23-19(31-13)30-11-10-27-15-16(25(3)20(29)26(4)17(15)28)21-18(27)24(2)12-14-8-6-5-7-9-14/h5-9H,10-12H2,1-4H3. The number of hydrogen-bond donors (Lipinski definition) is 0. The minimum atomic E-state index is -0.391. The van der Waals surface area contributed by atoms with E-state index in [1.165, 1.54) is 11.6 Å². The molecule has 3 aromatic heterocycles. The van der Waals surface area contributed by atoms with E-state index in [1.54, 1.807) is 30.1 Å². The third-order valence-electron chi connectivity index (χ3n) is 4.98. The van der Waals surface area contributed by atoms with Crippen LogP contribution in [-0.4, -0.2) is 41.7 Å². The summed E-state index contributed by atoms with van der Waals surface area (Å²) in [7, 11) is 5.07. The topological polar surface area (TPSA) is 90.8 Å². The summed E-state index contributed by atoms with van der Waals surface area (Å²) in [6.07, 6.45) is 0. The molecule has 0 saturated heterocycles. The zero-order chi connectivity index (χ0) is 22.1. The van der Waals surface area contributed by atoms with E-state index in [0.29, 0.717) is 36.0 Å². The Morgan fingerprint density at radius 3 is 2.52 bits per heavy atom. The SMILES string of the molecule is Cc1nnc(SCCn2c(N(C)Cc3ccccc3)nc3c2c(=O)n(C)c(=O)n3C)s1. The Morgan fingerprint density at radius 2 is 1.84 bits per heavy atom. The van der Waals surface area contributed by atoms with Gasteiger partial charge in [0.1, 0.15) is 5.01 Å². The van der Waals surface area contributed by atoms with Crippen LogP contribution in [0, 0.1) is 6.92 Å². The van der Waals surface area contributed by atoms with Gasteiger partial charge in [-0.25, -0.2) is 4.79 Å². The third kappa shape index (κ3) is 4.15. The summed E-state index contributed by atoms with van der Waals surface area (Å²) in [4.78, 5) is 32.1. The number of aromatic nitrogens is 6. The van der Waals surface area contributed by atoms with E-state index >= 15 is 0 Å². The molecule has 31 heavy (non-hydrogen) atoms. The number of hydrogen-bond acceptors (Lipinski definition) is 8. The molecule has 0 atom stereocenters. The van der Waals surface area contributed by atoms with E-state index in [0.717, 1.165) is 19.5 Å². The Kier molecular flexibility index (Phi) is 5.96. The molecule has 0 aliphatic carbocycles. The average molecular weight is 458 g/mol. The Balaban J connectivity index is 1.75. The minimum Gasteiger partial charge on any atom is -0.341 e. The average Bonchev–Trinajstić information content (AvgIpc) is 3.35. The Morgan fingerprint density at radius 1 is 1.10 bits per heavy atom. The fourth-order valence-corrected chi connectivity index (χ4v) is 5.24. The summed E-state index contributed by atoms with van der Waals surface area (Å²) in [5.41, 5.74) is 1.21. The lowest BCUT2D eigenvalue weighted by Crippen LogP contribution is -2.37. The van der Waals surface area contributed by atoms with Crippen molar-refractivity contribution >= 4 is 40.2 Å². The maximum Gasteiger partial charge on any atom is 0.332 e. The fraction of sp³-hybridized carbons (Fsp3) is 0.350. The van der Waals surface area contributed by atoms with Crippen LogP contribution in [0.3, 0.4) is 0 Å². The summed E-state index contributed by atoms with van der Waals surface area (Å²) >= 11 is 3.14. The van der Waals surface area contributed by atoms with Gasteiger partial charge in [-0.2, -0.15) is 4.98 Å². The number of anilines is 1. The van der Waals surface area contributed by atoms with Crippen LogP contribution in [0.5, 0.6) is 0 Å². The maximum absolute atomic E-state index is 13.0. The molecule has 0 saturated carbocycles. The molecule has 0 N–H and O–H groups in total. The van der Waals surface area contributed by atoms with Crippen LogP contribution in [0.15, 0.2) is 44.3 Å². The van der Waals surface area contributed by atoms with Crippen molar-refractivity contribution in [2.75, 3.05) is 17.7 Å². The molecule has 9 nitrogen and oxygen atoms in total. The van der Waals surface area contributed by atoms with Gasteiger partial charge in [-0.05, 0) is 12.5 Å². The molecule has 1 aromatic carbocycles. The van der Waals surface area contributed by atoms with Gasteiger partial charge >= 0.3 is 5.69 Å². The smallest absolute Gasteiger partial charge is 0.332 e. The normalized spacial score (nSPS) is 11.4. The van der Waals surface area contributed by atoms with Gasteiger partial charge in [0.15, 0.2) is 15.5 Å². The number of rotatable bonds is 7. The van der Waals surface area contributed by atoms with Crippen molar-refractivity contribution in [2.24, 2.45) is 14.1 Å². The van der Waals surface area contributed by atoms with E-state index in [-0.39, 0.29) is 5.56 Å². The number of fused-ring (bicyclic) bond motifs is 1. The van der Waals surface area contributed by atoms with Crippen molar-refractivity contribution in [1.29, 1.82) is 0 Å². The van der Waals surface area contributed by atoms with E-state index < -0.39 is 5.69 Å². The molecule has 0 unspecified atom stereocenters. The lowest BCUT2D eigenvalue weighted by Gasteiger charge is -2.20. The minimum absolute atomic E-state index is 0.346. The van der Waals surface area contributed by atoms with Gasteiger partial charge in [0.25, 0.3) is 5.56 Å². The van der Waals surface area contributed by atoms with Crippen LogP contribution >= 0.6 is 23.1 Å². The first-order valence-electron chi connectivity index (χ1n) is 9.71. The zero-order valence-corrected chi connectivity index (χ0v) is 19.4. The molecular formula is C20H23N7O2S2. The number of aryl methyl sites for hydroxylation is 3. The van der Waals surface area contributed by atoms with E-state index in [2.05, 4.69) is 10.2 Å². The van der Waals surface area contributed by atoms with Gasteiger partial charge < -0.3 is 9.47 Å². The van der Waals surface area contributed by atoms with Crippen molar-refractivity contribution in [3.8, 4) is 0 Å². The fourth-order valence-electron chi connectivity index (χ4n) is 3.43. The highest BCUT2D eigenvalue weighted by molar-refractivity contribution is 8.01. The van der Waals surface area contributed by atoms with Gasteiger partial charge in [0.05, 0.1) is 0 Å². The van der Waals surface area contributed by atoms with Gasteiger partial charge in [-0.15, -0.1) is 10.2 Å². The van der Waals surface area contributed by atoms with Crippen LogP contribution in [0.1, 0.15) is 10.6 Å². The lowest BCUT2D eigenvalue weighted by molar-refractivity contribution is 0.698. The molecule has 0 bridgehead atoms. The maximum atomic E-state index is 13.0. The molecule has 162 valence electrons. The van der Waals surface area contributed by atoms with E-state index in [1.807, 2.05) is 53.8 Å². The molecular weight excluding hydrogens is 434 g/mol. The number of imidazole rings is 1. The van der Waals surface area contributed by atoms with Gasteiger partial charge in [-0.3, -0.25) is 13.9 Å². The van der Waals surface area contributed by atoms with Crippen LogP contribution in [0.25, 0.3) is 11.2 Å². The summed E-state index contributed by atoms with van der Waals surface area (Å²) in [5, 5.41) is 9.12. The molecule has 0 radical (unpaired) electrons. The van der Waals surface area contributed by atoms with Gasteiger partial charge in [0, 0.05) is 40.0 Å². The molecule has 3 heterocycles.